The third-order valence-electron chi connectivity index (χ3n) is 3.41. The molecular weight excluding hydrogens is 330 g/mol. The summed E-state index contributed by atoms with van der Waals surface area (Å²) in [6.45, 7) is 1.60. The van der Waals surface area contributed by atoms with E-state index in [2.05, 4.69) is 14.4 Å². The number of para-hydroxylation sites is 1. The van der Waals surface area contributed by atoms with Crippen molar-refractivity contribution in [2.45, 2.75) is 37.3 Å². The highest BCUT2D eigenvalue weighted by Crippen LogP contribution is 2.35. The van der Waals surface area contributed by atoms with Crippen molar-refractivity contribution in [3.63, 3.8) is 0 Å². The number of alkyl halides is 2. The molecule has 1 aromatic carbocycles. The first-order chi connectivity index (χ1) is 10.9. The summed E-state index contributed by atoms with van der Waals surface area (Å²) in [5, 5.41) is 3.41. The average Bonchev–Trinajstić information content (AvgIpc) is 3.09. The SMILES string of the molecule is CC1Cc2cccc(S(=O)(=O)NCc3cc(C(F)F)on3)c2O1. The second-order valence-corrected chi connectivity index (χ2v) is 6.96. The Morgan fingerprint density at radius 1 is 1.43 bits per heavy atom. The summed E-state index contributed by atoms with van der Waals surface area (Å²) < 4.78 is 62.0. The number of nitrogens with zero attached hydrogens (tertiary/aromatic N) is 1. The summed E-state index contributed by atoms with van der Waals surface area (Å²) in [7, 11) is -3.86. The van der Waals surface area contributed by atoms with Crippen LogP contribution in [0.25, 0.3) is 0 Å². The molecule has 0 amide bonds. The number of hydrogen-bond donors (Lipinski definition) is 1. The van der Waals surface area contributed by atoms with Crippen molar-refractivity contribution in [1.29, 1.82) is 0 Å². The average molecular weight is 344 g/mol. The van der Waals surface area contributed by atoms with Gasteiger partial charge in [0.15, 0.2) is 0 Å². The summed E-state index contributed by atoms with van der Waals surface area (Å²) in [5.74, 6) is -0.266. The van der Waals surface area contributed by atoms with Gasteiger partial charge in [-0.1, -0.05) is 17.3 Å². The lowest BCUT2D eigenvalue weighted by Gasteiger charge is -2.10. The Kier molecular flexibility index (Phi) is 4.07. The van der Waals surface area contributed by atoms with Crippen molar-refractivity contribution < 1.29 is 26.5 Å². The van der Waals surface area contributed by atoms with Crippen LogP contribution in [0.15, 0.2) is 33.7 Å². The summed E-state index contributed by atoms with van der Waals surface area (Å²) in [5.41, 5.74) is 0.896. The van der Waals surface area contributed by atoms with Gasteiger partial charge in [-0.15, -0.1) is 0 Å². The molecule has 0 saturated carbocycles. The molecule has 1 N–H and O–H groups in total. The van der Waals surface area contributed by atoms with E-state index >= 15 is 0 Å². The molecule has 0 spiro atoms. The van der Waals surface area contributed by atoms with E-state index in [1.165, 1.54) is 6.07 Å². The molecular formula is C14H14F2N2O4S. The van der Waals surface area contributed by atoms with Gasteiger partial charge in [0.05, 0.1) is 12.2 Å². The number of rotatable bonds is 5. The fraction of sp³-hybridized carbons (Fsp3) is 0.357. The number of aromatic nitrogens is 1. The molecule has 0 aliphatic carbocycles. The maximum absolute atomic E-state index is 12.4. The molecule has 23 heavy (non-hydrogen) atoms. The lowest BCUT2D eigenvalue weighted by Crippen LogP contribution is -2.24. The number of hydrogen-bond acceptors (Lipinski definition) is 5. The molecule has 2 heterocycles. The first kappa shape index (κ1) is 15.9. The van der Waals surface area contributed by atoms with Crippen molar-refractivity contribution in [2.24, 2.45) is 0 Å². The van der Waals surface area contributed by atoms with Gasteiger partial charge in [-0.05, 0) is 18.6 Å². The Morgan fingerprint density at radius 2 is 2.22 bits per heavy atom. The molecule has 6 nitrogen and oxygen atoms in total. The van der Waals surface area contributed by atoms with Gasteiger partial charge in [-0.2, -0.15) is 0 Å². The molecule has 1 aliphatic heterocycles. The first-order valence-electron chi connectivity index (χ1n) is 6.88. The highest BCUT2D eigenvalue weighted by Gasteiger charge is 2.28. The van der Waals surface area contributed by atoms with Crippen LogP contribution in [-0.4, -0.2) is 19.7 Å². The Balaban J connectivity index is 1.79. The van der Waals surface area contributed by atoms with Crippen molar-refractivity contribution in [3.05, 3.63) is 41.3 Å². The van der Waals surface area contributed by atoms with Crippen LogP contribution in [0.3, 0.4) is 0 Å². The lowest BCUT2D eigenvalue weighted by molar-refractivity contribution is 0.112. The Bertz CT molecular complexity index is 820. The molecule has 1 aromatic heterocycles. The minimum Gasteiger partial charge on any atom is -0.489 e. The van der Waals surface area contributed by atoms with Crippen molar-refractivity contribution in [1.82, 2.24) is 9.88 Å². The number of fused-ring (bicyclic) bond motifs is 1. The Hall–Kier alpha value is -2.00. The Labute approximate surface area is 131 Å². The van der Waals surface area contributed by atoms with Gasteiger partial charge < -0.3 is 9.26 Å². The minimum atomic E-state index is -3.86. The lowest BCUT2D eigenvalue weighted by atomic mass is 10.1. The fourth-order valence-electron chi connectivity index (χ4n) is 2.38. The van der Waals surface area contributed by atoms with E-state index in [4.69, 9.17) is 4.74 Å². The maximum atomic E-state index is 12.4. The predicted molar refractivity (Wildman–Crippen MR) is 75.7 cm³/mol. The summed E-state index contributed by atoms with van der Waals surface area (Å²) in [6, 6.07) is 5.90. The van der Waals surface area contributed by atoms with Gasteiger partial charge in [0.1, 0.15) is 16.7 Å². The van der Waals surface area contributed by atoms with E-state index in [1.54, 1.807) is 6.07 Å². The standard InChI is InChI=1S/C14H14F2N2O4S/c1-8-5-9-3-2-4-12(13(9)21-8)23(19,20)17-7-10-6-11(14(15)16)22-18-10/h2-4,6,8,14,17H,5,7H2,1H3. The first-order valence-corrected chi connectivity index (χ1v) is 8.37. The van der Waals surface area contributed by atoms with E-state index in [1.807, 2.05) is 13.0 Å². The zero-order valence-corrected chi connectivity index (χ0v) is 12.9. The molecule has 9 heteroatoms. The van der Waals surface area contributed by atoms with Crippen LogP contribution in [0.1, 0.15) is 30.4 Å². The van der Waals surface area contributed by atoms with Crippen molar-refractivity contribution >= 4 is 10.0 Å². The van der Waals surface area contributed by atoms with Crippen LogP contribution in [0, 0.1) is 0 Å². The molecule has 1 aliphatic rings. The zero-order chi connectivity index (χ0) is 16.6. The van der Waals surface area contributed by atoms with Crippen LogP contribution in [0.5, 0.6) is 5.75 Å². The minimum absolute atomic E-state index is 0.0249. The van der Waals surface area contributed by atoms with Gasteiger partial charge >= 0.3 is 0 Å². The van der Waals surface area contributed by atoms with Crippen LogP contribution in [-0.2, 0) is 23.0 Å². The molecule has 124 valence electrons. The number of benzene rings is 1. The maximum Gasteiger partial charge on any atom is 0.298 e. The van der Waals surface area contributed by atoms with Crippen LogP contribution in [0.2, 0.25) is 0 Å². The number of halogens is 2. The molecule has 2 aromatic rings. The van der Waals surface area contributed by atoms with Crippen LogP contribution in [0.4, 0.5) is 8.78 Å². The predicted octanol–water partition coefficient (Wildman–Crippen LogP) is 2.41. The van der Waals surface area contributed by atoms with Gasteiger partial charge in [0.25, 0.3) is 6.43 Å². The second-order valence-electron chi connectivity index (χ2n) is 5.22. The Morgan fingerprint density at radius 3 is 2.91 bits per heavy atom. The number of ether oxygens (including phenoxy) is 1. The van der Waals surface area contributed by atoms with Gasteiger partial charge in [0.2, 0.25) is 15.8 Å². The molecule has 1 unspecified atom stereocenters. The van der Waals surface area contributed by atoms with E-state index < -0.39 is 22.2 Å². The third-order valence-corrected chi connectivity index (χ3v) is 4.84. The fourth-order valence-corrected chi connectivity index (χ4v) is 3.56. The molecule has 3 rings (SSSR count). The van der Waals surface area contributed by atoms with E-state index in [9.17, 15) is 17.2 Å². The third kappa shape index (κ3) is 3.20. The summed E-state index contributed by atoms with van der Waals surface area (Å²) >= 11 is 0. The molecule has 0 saturated heterocycles. The van der Waals surface area contributed by atoms with E-state index in [0.29, 0.717) is 12.2 Å². The van der Waals surface area contributed by atoms with Crippen LogP contribution >= 0.6 is 0 Å². The highest BCUT2D eigenvalue weighted by molar-refractivity contribution is 7.89. The van der Waals surface area contributed by atoms with E-state index in [0.717, 1.165) is 11.6 Å². The smallest absolute Gasteiger partial charge is 0.298 e. The largest absolute Gasteiger partial charge is 0.489 e. The van der Waals surface area contributed by atoms with Gasteiger partial charge in [-0.25, -0.2) is 21.9 Å². The molecule has 0 fully saturated rings. The topological polar surface area (TPSA) is 81.4 Å². The summed E-state index contributed by atoms with van der Waals surface area (Å²) in [4.78, 5) is 0.0249. The molecule has 1 atom stereocenters. The van der Waals surface area contributed by atoms with Crippen molar-refractivity contribution in [3.8, 4) is 5.75 Å². The highest BCUT2D eigenvalue weighted by atomic mass is 32.2. The van der Waals surface area contributed by atoms with Gasteiger partial charge in [0, 0.05) is 12.5 Å². The number of sulfonamides is 1. The van der Waals surface area contributed by atoms with Crippen LogP contribution < -0.4 is 9.46 Å². The monoisotopic (exact) mass is 344 g/mol. The van der Waals surface area contributed by atoms with E-state index in [-0.39, 0.29) is 23.2 Å². The molecule has 0 radical (unpaired) electrons. The summed E-state index contributed by atoms with van der Waals surface area (Å²) in [6.07, 6.45) is -2.25. The van der Waals surface area contributed by atoms with Crippen molar-refractivity contribution in [2.75, 3.05) is 0 Å². The quantitative estimate of drug-likeness (QED) is 0.901. The number of nitrogens with one attached hydrogen (secondary N) is 1. The normalized spacial score (nSPS) is 17.3. The second kappa shape index (κ2) is 5.89. The molecule has 0 bridgehead atoms. The zero-order valence-electron chi connectivity index (χ0n) is 12.1. The van der Waals surface area contributed by atoms with Gasteiger partial charge in [-0.3, -0.25) is 0 Å².